The van der Waals surface area contributed by atoms with E-state index < -0.39 is 0 Å². The smallest absolute Gasteiger partial charge is 0.230 e. The fourth-order valence-corrected chi connectivity index (χ4v) is 3.69. The van der Waals surface area contributed by atoms with Crippen molar-refractivity contribution in [2.45, 2.75) is 44.6 Å². The molecule has 0 aliphatic carbocycles. The normalized spacial score (nSPS) is 12.1. The number of amides is 1. The van der Waals surface area contributed by atoms with Gasteiger partial charge in [-0.3, -0.25) is 4.79 Å². The molecule has 2 rings (SSSR count). The number of hydrogen-bond donors (Lipinski definition) is 1. The number of thioether (sulfide) groups is 1. The van der Waals surface area contributed by atoms with Gasteiger partial charge in [0.15, 0.2) is 0 Å². The molecule has 26 heavy (non-hydrogen) atoms. The van der Waals surface area contributed by atoms with Crippen LogP contribution in [0, 0.1) is 6.92 Å². The molecule has 140 valence electrons. The number of ether oxygens (including phenoxy) is 1. The van der Waals surface area contributed by atoms with E-state index in [0.29, 0.717) is 16.7 Å². The van der Waals surface area contributed by atoms with Gasteiger partial charge in [0.05, 0.1) is 18.9 Å². The molecule has 0 aromatic heterocycles. The highest BCUT2D eigenvalue weighted by atomic mass is 35.5. The van der Waals surface area contributed by atoms with Crippen LogP contribution in [0.2, 0.25) is 5.02 Å². The van der Waals surface area contributed by atoms with Gasteiger partial charge in [-0.1, -0.05) is 25.4 Å². The molecule has 2 aromatic rings. The first kappa shape index (κ1) is 20.7. The molecule has 0 radical (unpaired) electrons. The summed E-state index contributed by atoms with van der Waals surface area (Å²) in [5.74, 6) is 1.64. The monoisotopic (exact) mass is 391 g/mol. The third kappa shape index (κ3) is 5.42. The molecule has 0 saturated heterocycles. The van der Waals surface area contributed by atoms with Crippen molar-refractivity contribution >= 4 is 29.3 Å². The summed E-state index contributed by atoms with van der Waals surface area (Å²) in [4.78, 5) is 13.4. The van der Waals surface area contributed by atoms with Crippen molar-refractivity contribution in [3.8, 4) is 5.75 Å². The van der Waals surface area contributed by atoms with Crippen molar-refractivity contribution in [1.82, 2.24) is 5.32 Å². The molecular weight excluding hydrogens is 366 g/mol. The number of hydrogen-bond acceptors (Lipinski definition) is 3. The van der Waals surface area contributed by atoms with Gasteiger partial charge in [0.1, 0.15) is 5.75 Å². The SMILES string of the molecule is COc1cc(C)c(C(C)NC(=O)CSc2ccc(Cl)cc2)cc1C(C)C. The lowest BCUT2D eigenvalue weighted by molar-refractivity contribution is -0.119. The Morgan fingerprint density at radius 3 is 2.38 bits per heavy atom. The van der Waals surface area contributed by atoms with E-state index in [1.807, 2.05) is 38.1 Å². The van der Waals surface area contributed by atoms with E-state index >= 15 is 0 Å². The molecule has 0 spiro atoms. The van der Waals surface area contributed by atoms with Gasteiger partial charge in [0.2, 0.25) is 5.91 Å². The minimum Gasteiger partial charge on any atom is -0.496 e. The summed E-state index contributed by atoms with van der Waals surface area (Å²) in [5.41, 5.74) is 3.40. The van der Waals surface area contributed by atoms with Gasteiger partial charge >= 0.3 is 0 Å². The van der Waals surface area contributed by atoms with Crippen LogP contribution in [0.1, 0.15) is 49.4 Å². The number of methoxy groups -OCH3 is 1. The number of aryl methyl sites for hydroxylation is 1. The fourth-order valence-electron chi connectivity index (χ4n) is 2.85. The van der Waals surface area contributed by atoms with Gasteiger partial charge in [-0.15, -0.1) is 11.8 Å². The van der Waals surface area contributed by atoms with E-state index in [1.165, 1.54) is 11.8 Å². The average molecular weight is 392 g/mol. The highest BCUT2D eigenvalue weighted by Gasteiger charge is 2.17. The van der Waals surface area contributed by atoms with Crippen LogP contribution in [0.4, 0.5) is 0 Å². The van der Waals surface area contributed by atoms with Gasteiger partial charge in [-0.2, -0.15) is 0 Å². The predicted octanol–water partition coefficient (Wildman–Crippen LogP) is 5.75. The number of carbonyl (C=O) groups is 1. The quantitative estimate of drug-likeness (QED) is 0.610. The van der Waals surface area contributed by atoms with Crippen LogP contribution in [0.5, 0.6) is 5.75 Å². The van der Waals surface area contributed by atoms with Gasteiger partial charge < -0.3 is 10.1 Å². The summed E-state index contributed by atoms with van der Waals surface area (Å²) in [6, 6.07) is 11.7. The first-order valence-corrected chi connectivity index (χ1v) is 10.0. The molecule has 1 N–H and O–H groups in total. The summed E-state index contributed by atoms with van der Waals surface area (Å²) >= 11 is 7.39. The lowest BCUT2D eigenvalue weighted by atomic mass is 9.93. The molecular formula is C21H26ClNO2S. The summed E-state index contributed by atoms with van der Waals surface area (Å²) in [6.07, 6.45) is 0. The van der Waals surface area contributed by atoms with Gasteiger partial charge in [-0.05, 0) is 72.9 Å². The zero-order valence-corrected chi connectivity index (χ0v) is 17.5. The van der Waals surface area contributed by atoms with Crippen LogP contribution in [-0.2, 0) is 4.79 Å². The average Bonchev–Trinajstić information content (AvgIpc) is 2.60. The second-order valence-corrected chi connectivity index (χ2v) is 8.12. The molecule has 1 amide bonds. The Morgan fingerprint density at radius 2 is 1.81 bits per heavy atom. The molecule has 1 atom stereocenters. The minimum atomic E-state index is -0.0586. The van der Waals surface area contributed by atoms with Crippen molar-refractivity contribution in [1.29, 1.82) is 0 Å². The first-order valence-electron chi connectivity index (χ1n) is 8.68. The number of rotatable bonds is 7. The maximum Gasteiger partial charge on any atom is 0.230 e. The fraction of sp³-hybridized carbons (Fsp3) is 0.381. The molecule has 0 bridgehead atoms. The van der Waals surface area contributed by atoms with Crippen molar-refractivity contribution < 1.29 is 9.53 Å². The highest BCUT2D eigenvalue weighted by Crippen LogP contribution is 2.32. The van der Waals surface area contributed by atoms with Crippen LogP contribution in [0.3, 0.4) is 0 Å². The maximum atomic E-state index is 12.3. The standard InChI is InChI=1S/C21H26ClNO2S/c1-13(2)18-11-19(14(3)10-20(18)25-5)15(4)23-21(24)12-26-17-8-6-16(22)7-9-17/h6-11,13,15H,12H2,1-5H3,(H,23,24). The molecule has 5 heteroatoms. The molecule has 0 saturated carbocycles. The Balaban J connectivity index is 2.04. The van der Waals surface area contributed by atoms with Crippen LogP contribution in [0.25, 0.3) is 0 Å². The maximum absolute atomic E-state index is 12.3. The van der Waals surface area contributed by atoms with E-state index in [1.54, 1.807) is 7.11 Å². The largest absolute Gasteiger partial charge is 0.496 e. The zero-order valence-electron chi connectivity index (χ0n) is 15.9. The molecule has 3 nitrogen and oxygen atoms in total. The van der Waals surface area contributed by atoms with Crippen LogP contribution in [0.15, 0.2) is 41.3 Å². The van der Waals surface area contributed by atoms with Crippen LogP contribution < -0.4 is 10.1 Å². The lowest BCUT2D eigenvalue weighted by Gasteiger charge is -2.21. The molecule has 0 aliphatic rings. The van der Waals surface area contributed by atoms with Crippen LogP contribution in [-0.4, -0.2) is 18.8 Å². The van der Waals surface area contributed by atoms with Gasteiger partial charge in [0.25, 0.3) is 0 Å². The number of nitrogens with one attached hydrogen (secondary N) is 1. The Bertz CT molecular complexity index is 759. The molecule has 0 heterocycles. The van der Waals surface area contributed by atoms with Crippen molar-refractivity contribution in [3.63, 3.8) is 0 Å². The molecule has 1 unspecified atom stereocenters. The number of benzene rings is 2. The number of carbonyl (C=O) groups excluding carboxylic acids is 1. The van der Waals surface area contributed by atoms with E-state index in [0.717, 1.165) is 27.3 Å². The first-order chi connectivity index (χ1) is 12.3. The Morgan fingerprint density at radius 1 is 1.15 bits per heavy atom. The van der Waals surface area contributed by atoms with Crippen LogP contribution >= 0.6 is 23.4 Å². The topological polar surface area (TPSA) is 38.3 Å². The van der Waals surface area contributed by atoms with E-state index in [2.05, 4.69) is 31.3 Å². The van der Waals surface area contributed by atoms with Crippen molar-refractivity contribution in [2.75, 3.05) is 12.9 Å². The van der Waals surface area contributed by atoms with Crippen molar-refractivity contribution in [2.24, 2.45) is 0 Å². The van der Waals surface area contributed by atoms with E-state index in [-0.39, 0.29) is 11.9 Å². The van der Waals surface area contributed by atoms with E-state index in [9.17, 15) is 4.79 Å². The molecule has 0 aliphatic heterocycles. The second kappa shape index (κ2) is 9.33. The lowest BCUT2D eigenvalue weighted by Crippen LogP contribution is -2.28. The third-order valence-electron chi connectivity index (χ3n) is 4.27. The Kier molecular flexibility index (Phi) is 7.42. The summed E-state index contributed by atoms with van der Waals surface area (Å²) in [6.45, 7) is 8.35. The summed E-state index contributed by atoms with van der Waals surface area (Å²) in [7, 11) is 1.69. The number of halogens is 1. The minimum absolute atomic E-state index is 0.0127. The Labute approximate surface area is 165 Å². The third-order valence-corrected chi connectivity index (χ3v) is 5.53. The highest BCUT2D eigenvalue weighted by molar-refractivity contribution is 8.00. The zero-order chi connectivity index (χ0) is 19.3. The molecule has 2 aromatic carbocycles. The van der Waals surface area contributed by atoms with Gasteiger partial charge in [-0.25, -0.2) is 0 Å². The predicted molar refractivity (Wildman–Crippen MR) is 111 cm³/mol. The van der Waals surface area contributed by atoms with Crippen molar-refractivity contribution in [3.05, 3.63) is 58.1 Å². The Hall–Kier alpha value is -1.65. The second-order valence-electron chi connectivity index (χ2n) is 6.64. The summed E-state index contributed by atoms with van der Waals surface area (Å²) < 4.78 is 5.50. The summed E-state index contributed by atoms with van der Waals surface area (Å²) in [5, 5.41) is 3.79. The van der Waals surface area contributed by atoms with E-state index in [4.69, 9.17) is 16.3 Å². The van der Waals surface area contributed by atoms with Gasteiger partial charge in [0, 0.05) is 9.92 Å². The molecule has 0 fully saturated rings.